The third-order valence-corrected chi connectivity index (χ3v) is 3.27. The third-order valence-electron chi connectivity index (χ3n) is 3.05. The van der Waals surface area contributed by atoms with Crippen LogP contribution in [0.15, 0.2) is 24.5 Å². The zero-order chi connectivity index (χ0) is 11.4. The molecule has 2 heterocycles. The fourth-order valence-corrected chi connectivity index (χ4v) is 2.56. The van der Waals surface area contributed by atoms with Gasteiger partial charge in [0.05, 0.1) is 11.0 Å². The zero-order valence-corrected chi connectivity index (χ0v) is 10.1. The molecule has 2 N–H and O–H groups in total. The van der Waals surface area contributed by atoms with E-state index >= 15 is 0 Å². The predicted octanol–water partition coefficient (Wildman–Crippen LogP) is 1.89. The highest BCUT2D eigenvalue weighted by Gasteiger charge is 2.24. The lowest BCUT2D eigenvalue weighted by Crippen LogP contribution is -2.40. The SMILES string of the molecule is NC(=S)C(c1ccncc1)N1CCCCC1. The summed E-state index contributed by atoms with van der Waals surface area (Å²) in [6, 6.07) is 4.08. The Labute approximate surface area is 102 Å². The maximum absolute atomic E-state index is 5.87. The van der Waals surface area contributed by atoms with E-state index in [0.717, 1.165) is 18.7 Å². The summed E-state index contributed by atoms with van der Waals surface area (Å²) in [6.07, 6.45) is 7.39. The lowest BCUT2D eigenvalue weighted by molar-refractivity contribution is 0.203. The van der Waals surface area contributed by atoms with Crippen molar-refractivity contribution in [1.82, 2.24) is 9.88 Å². The van der Waals surface area contributed by atoms with Crippen LogP contribution in [0.5, 0.6) is 0 Å². The van der Waals surface area contributed by atoms with Gasteiger partial charge < -0.3 is 5.73 Å². The van der Waals surface area contributed by atoms with Gasteiger partial charge in [-0.15, -0.1) is 0 Å². The molecule has 86 valence electrons. The number of nitrogens with zero attached hydrogens (tertiary/aromatic N) is 2. The molecule has 0 bridgehead atoms. The molecular formula is C12H17N3S. The van der Waals surface area contributed by atoms with Gasteiger partial charge in [0.2, 0.25) is 0 Å². The zero-order valence-electron chi connectivity index (χ0n) is 9.30. The summed E-state index contributed by atoms with van der Waals surface area (Å²) >= 11 is 5.20. The van der Waals surface area contributed by atoms with E-state index in [1.165, 1.54) is 19.3 Å². The number of aromatic nitrogens is 1. The second-order valence-corrected chi connectivity index (χ2v) is 4.65. The first kappa shape index (κ1) is 11.5. The van der Waals surface area contributed by atoms with E-state index in [1.807, 2.05) is 12.1 Å². The summed E-state index contributed by atoms with van der Waals surface area (Å²) in [6.45, 7) is 2.18. The van der Waals surface area contributed by atoms with Gasteiger partial charge in [0.25, 0.3) is 0 Å². The first-order valence-corrected chi connectivity index (χ1v) is 6.13. The number of likely N-dealkylation sites (tertiary alicyclic amines) is 1. The highest BCUT2D eigenvalue weighted by molar-refractivity contribution is 7.80. The van der Waals surface area contributed by atoms with Crippen LogP contribution in [0.2, 0.25) is 0 Å². The fourth-order valence-electron chi connectivity index (χ4n) is 2.28. The molecule has 0 amide bonds. The molecule has 2 rings (SSSR count). The molecule has 1 aliphatic heterocycles. The summed E-state index contributed by atoms with van der Waals surface area (Å²) in [7, 11) is 0. The van der Waals surface area contributed by atoms with Crippen LogP contribution >= 0.6 is 12.2 Å². The van der Waals surface area contributed by atoms with Crippen molar-refractivity contribution in [3.05, 3.63) is 30.1 Å². The molecule has 4 heteroatoms. The Morgan fingerprint density at radius 2 is 1.88 bits per heavy atom. The van der Waals surface area contributed by atoms with Crippen molar-refractivity contribution in [3.8, 4) is 0 Å². The Balaban J connectivity index is 2.20. The number of thiocarbonyl (C=S) groups is 1. The van der Waals surface area contributed by atoms with E-state index in [9.17, 15) is 0 Å². The lowest BCUT2D eigenvalue weighted by atomic mass is 10.0. The van der Waals surface area contributed by atoms with Crippen LogP contribution in [0.4, 0.5) is 0 Å². The van der Waals surface area contributed by atoms with E-state index < -0.39 is 0 Å². The van der Waals surface area contributed by atoms with Gasteiger partial charge in [-0.25, -0.2) is 0 Å². The Kier molecular flexibility index (Phi) is 3.85. The number of nitrogens with two attached hydrogens (primary N) is 1. The van der Waals surface area contributed by atoms with Crippen LogP contribution in [0, 0.1) is 0 Å². The Morgan fingerprint density at radius 3 is 2.44 bits per heavy atom. The first-order chi connectivity index (χ1) is 7.79. The summed E-state index contributed by atoms with van der Waals surface area (Å²) < 4.78 is 0. The molecule has 1 atom stereocenters. The topological polar surface area (TPSA) is 42.1 Å². The van der Waals surface area contributed by atoms with E-state index in [2.05, 4.69) is 9.88 Å². The van der Waals surface area contributed by atoms with Gasteiger partial charge in [-0.3, -0.25) is 9.88 Å². The van der Waals surface area contributed by atoms with Gasteiger partial charge in [0.1, 0.15) is 0 Å². The van der Waals surface area contributed by atoms with Crippen molar-refractivity contribution in [2.75, 3.05) is 13.1 Å². The van der Waals surface area contributed by atoms with E-state index in [-0.39, 0.29) is 6.04 Å². The van der Waals surface area contributed by atoms with Crippen LogP contribution in [-0.4, -0.2) is 28.0 Å². The second-order valence-electron chi connectivity index (χ2n) is 4.18. The molecule has 1 saturated heterocycles. The standard InChI is InChI=1S/C12H17N3S/c13-12(16)11(10-4-6-14-7-5-10)15-8-2-1-3-9-15/h4-7,11H,1-3,8-9H2,(H2,13,16). The van der Waals surface area contributed by atoms with Gasteiger partial charge in [-0.1, -0.05) is 18.6 Å². The van der Waals surface area contributed by atoms with E-state index in [1.54, 1.807) is 12.4 Å². The number of rotatable bonds is 3. The minimum atomic E-state index is 0.0818. The van der Waals surface area contributed by atoms with Crippen LogP contribution in [0.3, 0.4) is 0 Å². The molecule has 0 radical (unpaired) electrons. The molecule has 0 aliphatic carbocycles. The molecule has 0 spiro atoms. The molecule has 1 fully saturated rings. The Hall–Kier alpha value is -1.00. The van der Waals surface area contributed by atoms with E-state index in [4.69, 9.17) is 18.0 Å². The van der Waals surface area contributed by atoms with Gasteiger partial charge in [-0.05, 0) is 43.6 Å². The molecule has 0 aromatic carbocycles. The predicted molar refractivity (Wildman–Crippen MR) is 69.2 cm³/mol. The van der Waals surface area contributed by atoms with Gasteiger partial charge in [-0.2, -0.15) is 0 Å². The van der Waals surface area contributed by atoms with Gasteiger partial charge in [0.15, 0.2) is 0 Å². The number of hydrogen-bond donors (Lipinski definition) is 1. The number of piperidine rings is 1. The first-order valence-electron chi connectivity index (χ1n) is 5.72. The minimum Gasteiger partial charge on any atom is -0.392 e. The Bertz CT molecular complexity index is 347. The van der Waals surface area contributed by atoms with Crippen LogP contribution in [0.1, 0.15) is 30.9 Å². The van der Waals surface area contributed by atoms with Crippen molar-refractivity contribution < 1.29 is 0 Å². The largest absolute Gasteiger partial charge is 0.392 e. The van der Waals surface area contributed by atoms with Crippen molar-refractivity contribution in [3.63, 3.8) is 0 Å². The third kappa shape index (κ3) is 2.57. The number of pyridine rings is 1. The highest BCUT2D eigenvalue weighted by atomic mass is 32.1. The summed E-state index contributed by atoms with van der Waals surface area (Å²) in [5.74, 6) is 0. The van der Waals surface area contributed by atoms with Crippen molar-refractivity contribution >= 4 is 17.2 Å². The molecule has 1 aromatic rings. The summed E-state index contributed by atoms with van der Waals surface area (Å²) in [5, 5.41) is 0. The molecule has 1 aliphatic rings. The number of hydrogen-bond acceptors (Lipinski definition) is 3. The van der Waals surface area contributed by atoms with Crippen molar-refractivity contribution in [2.24, 2.45) is 5.73 Å². The average Bonchev–Trinajstić information content (AvgIpc) is 2.31. The van der Waals surface area contributed by atoms with Crippen LogP contribution < -0.4 is 5.73 Å². The molecule has 1 unspecified atom stereocenters. The molecule has 1 aromatic heterocycles. The van der Waals surface area contributed by atoms with Crippen LogP contribution in [-0.2, 0) is 0 Å². The lowest BCUT2D eigenvalue weighted by Gasteiger charge is -2.34. The summed E-state index contributed by atoms with van der Waals surface area (Å²) in [4.78, 5) is 6.97. The molecule has 3 nitrogen and oxygen atoms in total. The molecule has 16 heavy (non-hydrogen) atoms. The second kappa shape index (κ2) is 5.37. The highest BCUT2D eigenvalue weighted by Crippen LogP contribution is 2.24. The Morgan fingerprint density at radius 1 is 1.25 bits per heavy atom. The minimum absolute atomic E-state index is 0.0818. The van der Waals surface area contributed by atoms with Crippen molar-refractivity contribution in [1.29, 1.82) is 0 Å². The normalized spacial score (nSPS) is 19.2. The molecular weight excluding hydrogens is 218 g/mol. The van der Waals surface area contributed by atoms with Crippen LogP contribution in [0.25, 0.3) is 0 Å². The summed E-state index contributed by atoms with van der Waals surface area (Å²) in [5.41, 5.74) is 7.03. The smallest absolute Gasteiger partial charge is 0.0948 e. The quantitative estimate of drug-likeness (QED) is 0.813. The van der Waals surface area contributed by atoms with Crippen molar-refractivity contribution in [2.45, 2.75) is 25.3 Å². The fraction of sp³-hybridized carbons (Fsp3) is 0.500. The van der Waals surface area contributed by atoms with Gasteiger partial charge in [0, 0.05) is 12.4 Å². The average molecular weight is 235 g/mol. The van der Waals surface area contributed by atoms with Gasteiger partial charge >= 0.3 is 0 Å². The van der Waals surface area contributed by atoms with E-state index in [0.29, 0.717) is 4.99 Å². The maximum Gasteiger partial charge on any atom is 0.0948 e. The monoisotopic (exact) mass is 235 g/mol. The molecule has 0 saturated carbocycles. The maximum atomic E-state index is 5.87.